The van der Waals surface area contributed by atoms with Crippen LogP contribution in [0.3, 0.4) is 0 Å². The molecule has 1 N–H and O–H groups in total. The molecule has 0 amide bonds. The summed E-state index contributed by atoms with van der Waals surface area (Å²) in [7, 11) is 1.98. The molecule has 3 nitrogen and oxygen atoms in total. The molecule has 1 aromatic carbocycles. The average Bonchev–Trinajstić information content (AvgIpc) is 2.87. The molecule has 1 heterocycles. The molecule has 114 valence electrons. The zero-order valence-corrected chi connectivity index (χ0v) is 13.5. The molecule has 2 aromatic rings. The quantitative estimate of drug-likeness (QED) is 0.806. The fraction of sp³-hybridized carbons (Fsp3) is 0.500. The zero-order chi connectivity index (χ0) is 15.1. The summed E-state index contributed by atoms with van der Waals surface area (Å²) in [6.07, 6.45) is 6.47. The number of benzene rings is 1. The van der Waals surface area contributed by atoms with Crippen molar-refractivity contribution in [1.29, 1.82) is 0 Å². The number of hydrogen-bond donors (Lipinski definition) is 1. The van der Waals surface area contributed by atoms with E-state index in [4.69, 9.17) is 0 Å². The maximum absolute atomic E-state index is 4.50. The van der Waals surface area contributed by atoms with E-state index in [2.05, 4.69) is 54.6 Å². The second-order valence-corrected chi connectivity index (χ2v) is 5.86. The van der Waals surface area contributed by atoms with Crippen molar-refractivity contribution in [1.82, 2.24) is 15.1 Å². The highest BCUT2D eigenvalue weighted by Crippen LogP contribution is 2.11. The number of rotatable bonds is 8. The summed E-state index contributed by atoms with van der Waals surface area (Å²) in [6, 6.07) is 11.4. The molecule has 0 aliphatic heterocycles. The van der Waals surface area contributed by atoms with Crippen LogP contribution in [0.1, 0.15) is 36.6 Å². The molecule has 0 saturated carbocycles. The lowest BCUT2D eigenvalue weighted by Gasteiger charge is -2.17. The lowest BCUT2D eigenvalue weighted by atomic mass is 10.0. The van der Waals surface area contributed by atoms with Crippen LogP contribution in [-0.4, -0.2) is 22.4 Å². The van der Waals surface area contributed by atoms with E-state index in [-0.39, 0.29) is 0 Å². The van der Waals surface area contributed by atoms with E-state index in [0.29, 0.717) is 6.04 Å². The molecule has 1 aromatic heterocycles. The lowest BCUT2D eigenvalue weighted by Crippen LogP contribution is -2.32. The summed E-state index contributed by atoms with van der Waals surface area (Å²) in [6.45, 7) is 5.45. The number of nitrogens with one attached hydrogen (secondary N) is 1. The Morgan fingerprint density at radius 1 is 1.29 bits per heavy atom. The van der Waals surface area contributed by atoms with Crippen LogP contribution in [0.4, 0.5) is 0 Å². The van der Waals surface area contributed by atoms with Crippen LogP contribution < -0.4 is 5.32 Å². The minimum Gasteiger partial charge on any atom is -0.314 e. The maximum atomic E-state index is 4.50. The van der Waals surface area contributed by atoms with E-state index in [1.54, 1.807) is 0 Å². The third-order valence-corrected chi connectivity index (χ3v) is 3.77. The van der Waals surface area contributed by atoms with Gasteiger partial charge in [0.1, 0.15) is 0 Å². The van der Waals surface area contributed by atoms with Crippen LogP contribution in [0.2, 0.25) is 0 Å². The predicted octanol–water partition coefficient (Wildman–Crippen LogP) is 3.27. The van der Waals surface area contributed by atoms with Crippen LogP contribution in [0, 0.1) is 6.92 Å². The number of aryl methyl sites for hydroxylation is 3. The molecule has 0 saturated heterocycles. The van der Waals surface area contributed by atoms with Crippen LogP contribution in [0.15, 0.2) is 36.5 Å². The SMILES string of the molecule is CCCNC(CCc1cccc(C)c1)Cc1ccn(C)n1. The van der Waals surface area contributed by atoms with Crippen LogP contribution in [0.5, 0.6) is 0 Å². The van der Waals surface area contributed by atoms with Gasteiger partial charge in [0.25, 0.3) is 0 Å². The van der Waals surface area contributed by atoms with Crippen molar-refractivity contribution >= 4 is 0 Å². The second kappa shape index (κ2) is 7.99. The van der Waals surface area contributed by atoms with E-state index in [0.717, 1.165) is 25.8 Å². The molecule has 0 aliphatic carbocycles. The van der Waals surface area contributed by atoms with Crippen molar-refractivity contribution in [2.45, 2.75) is 45.6 Å². The number of hydrogen-bond acceptors (Lipinski definition) is 2. The molecular formula is C18H27N3. The standard InChI is InChI=1S/C18H27N3/c1-4-11-19-17(14-18-10-12-21(3)20-18)9-8-16-7-5-6-15(2)13-16/h5-7,10,12-13,17,19H,4,8-9,11,14H2,1-3H3. The average molecular weight is 285 g/mol. The maximum Gasteiger partial charge on any atom is 0.0640 e. The fourth-order valence-corrected chi connectivity index (χ4v) is 2.66. The van der Waals surface area contributed by atoms with E-state index >= 15 is 0 Å². The Morgan fingerprint density at radius 3 is 2.81 bits per heavy atom. The molecule has 0 radical (unpaired) electrons. The van der Waals surface area contributed by atoms with Gasteiger partial charge in [-0.05, 0) is 44.4 Å². The van der Waals surface area contributed by atoms with Crippen molar-refractivity contribution < 1.29 is 0 Å². The Balaban J connectivity index is 1.92. The van der Waals surface area contributed by atoms with Crippen molar-refractivity contribution in [3.63, 3.8) is 0 Å². The molecule has 0 bridgehead atoms. The molecule has 0 aliphatic rings. The third-order valence-electron chi connectivity index (χ3n) is 3.77. The van der Waals surface area contributed by atoms with Crippen molar-refractivity contribution in [2.75, 3.05) is 6.54 Å². The molecule has 0 fully saturated rings. The van der Waals surface area contributed by atoms with Crippen molar-refractivity contribution in [3.05, 3.63) is 53.3 Å². The Labute approximate surface area is 128 Å². The Kier molecular flexibility index (Phi) is 6.00. The van der Waals surface area contributed by atoms with Crippen LogP contribution >= 0.6 is 0 Å². The number of nitrogens with zero attached hydrogens (tertiary/aromatic N) is 2. The second-order valence-electron chi connectivity index (χ2n) is 5.86. The van der Waals surface area contributed by atoms with Crippen LogP contribution in [0.25, 0.3) is 0 Å². The van der Waals surface area contributed by atoms with Crippen LogP contribution in [-0.2, 0) is 19.9 Å². The highest BCUT2D eigenvalue weighted by molar-refractivity contribution is 5.22. The Morgan fingerprint density at radius 2 is 2.14 bits per heavy atom. The highest BCUT2D eigenvalue weighted by atomic mass is 15.2. The molecule has 0 spiro atoms. The first-order chi connectivity index (χ1) is 10.2. The topological polar surface area (TPSA) is 29.9 Å². The first kappa shape index (κ1) is 15.8. The van der Waals surface area contributed by atoms with Gasteiger partial charge >= 0.3 is 0 Å². The molecule has 1 atom stereocenters. The number of aromatic nitrogens is 2. The lowest BCUT2D eigenvalue weighted by molar-refractivity contribution is 0.472. The summed E-state index contributed by atoms with van der Waals surface area (Å²) in [5, 5.41) is 8.17. The normalized spacial score (nSPS) is 12.5. The van der Waals surface area contributed by atoms with Crippen molar-refractivity contribution in [2.24, 2.45) is 7.05 Å². The van der Waals surface area contributed by atoms with Gasteiger partial charge in [-0.1, -0.05) is 36.8 Å². The first-order valence-electron chi connectivity index (χ1n) is 7.95. The zero-order valence-electron chi connectivity index (χ0n) is 13.5. The van der Waals surface area contributed by atoms with Gasteiger partial charge in [-0.25, -0.2) is 0 Å². The van der Waals surface area contributed by atoms with E-state index < -0.39 is 0 Å². The largest absolute Gasteiger partial charge is 0.314 e. The summed E-state index contributed by atoms with van der Waals surface area (Å²) in [5.74, 6) is 0. The van der Waals surface area contributed by atoms with E-state index in [1.807, 2.05) is 17.9 Å². The van der Waals surface area contributed by atoms with Gasteiger partial charge in [-0.15, -0.1) is 0 Å². The van der Waals surface area contributed by atoms with Gasteiger partial charge in [0.05, 0.1) is 5.69 Å². The monoisotopic (exact) mass is 285 g/mol. The summed E-state index contributed by atoms with van der Waals surface area (Å²) >= 11 is 0. The summed E-state index contributed by atoms with van der Waals surface area (Å²) < 4.78 is 1.88. The van der Waals surface area contributed by atoms with Gasteiger partial charge in [0.15, 0.2) is 0 Å². The van der Waals surface area contributed by atoms with Gasteiger partial charge in [-0.3, -0.25) is 4.68 Å². The predicted molar refractivity (Wildman–Crippen MR) is 88.5 cm³/mol. The minimum absolute atomic E-state index is 0.500. The van der Waals surface area contributed by atoms with Gasteiger partial charge in [0, 0.05) is 25.7 Å². The smallest absolute Gasteiger partial charge is 0.0640 e. The molecule has 3 heteroatoms. The first-order valence-corrected chi connectivity index (χ1v) is 7.95. The van der Waals surface area contributed by atoms with E-state index in [9.17, 15) is 0 Å². The third kappa shape index (κ3) is 5.35. The highest BCUT2D eigenvalue weighted by Gasteiger charge is 2.11. The molecule has 1 unspecified atom stereocenters. The summed E-state index contributed by atoms with van der Waals surface area (Å²) in [5.41, 5.74) is 3.95. The van der Waals surface area contributed by atoms with Gasteiger partial charge in [-0.2, -0.15) is 5.10 Å². The van der Waals surface area contributed by atoms with Gasteiger partial charge < -0.3 is 5.32 Å². The Bertz CT molecular complexity index is 545. The fourth-order valence-electron chi connectivity index (χ4n) is 2.66. The van der Waals surface area contributed by atoms with E-state index in [1.165, 1.54) is 23.2 Å². The van der Waals surface area contributed by atoms with Gasteiger partial charge in [0.2, 0.25) is 0 Å². The molecule has 21 heavy (non-hydrogen) atoms. The summed E-state index contributed by atoms with van der Waals surface area (Å²) in [4.78, 5) is 0. The molecule has 2 rings (SSSR count). The Hall–Kier alpha value is -1.61. The minimum atomic E-state index is 0.500. The van der Waals surface area contributed by atoms with Crippen molar-refractivity contribution in [3.8, 4) is 0 Å². The molecular weight excluding hydrogens is 258 g/mol.